The van der Waals surface area contributed by atoms with Crippen molar-refractivity contribution in [2.45, 2.75) is 25.2 Å². The van der Waals surface area contributed by atoms with Crippen LogP contribution in [0.3, 0.4) is 0 Å². The molecule has 2 heteroatoms. The van der Waals surface area contributed by atoms with E-state index in [2.05, 4.69) is 24.3 Å². The standard InChI is InChI=1S/C18H18O2/c19-18(20)12-17(14-10-11-14)16-9-5-4-8-15(16)13-6-2-1-3-7-13/h1-9,14,17H,10-12H2,(H,19,20). The molecule has 3 rings (SSSR count). The molecule has 1 unspecified atom stereocenters. The Morgan fingerprint density at radius 2 is 1.70 bits per heavy atom. The van der Waals surface area contributed by atoms with Gasteiger partial charge in [-0.25, -0.2) is 0 Å². The molecule has 2 nitrogen and oxygen atoms in total. The Bertz CT molecular complexity index is 600. The molecule has 0 radical (unpaired) electrons. The van der Waals surface area contributed by atoms with Gasteiger partial charge in [-0.2, -0.15) is 0 Å². The van der Waals surface area contributed by atoms with Crippen molar-refractivity contribution in [3.05, 3.63) is 60.2 Å². The molecule has 102 valence electrons. The summed E-state index contributed by atoms with van der Waals surface area (Å²) in [7, 11) is 0. The topological polar surface area (TPSA) is 37.3 Å². The number of carbonyl (C=O) groups is 1. The Balaban J connectivity index is 2.02. The van der Waals surface area contributed by atoms with Crippen molar-refractivity contribution in [2.75, 3.05) is 0 Å². The van der Waals surface area contributed by atoms with E-state index < -0.39 is 5.97 Å². The maximum atomic E-state index is 11.2. The fourth-order valence-corrected chi connectivity index (χ4v) is 2.92. The summed E-state index contributed by atoms with van der Waals surface area (Å²) in [6.07, 6.45) is 2.54. The smallest absolute Gasteiger partial charge is 0.303 e. The van der Waals surface area contributed by atoms with Crippen LogP contribution in [0.25, 0.3) is 11.1 Å². The summed E-state index contributed by atoms with van der Waals surface area (Å²) in [6.45, 7) is 0. The minimum Gasteiger partial charge on any atom is -0.481 e. The fourth-order valence-electron chi connectivity index (χ4n) is 2.92. The average molecular weight is 266 g/mol. The van der Waals surface area contributed by atoms with E-state index >= 15 is 0 Å². The third kappa shape index (κ3) is 2.74. The van der Waals surface area contributed by atoms with Gasteiger partial charge in [0.2, 0.25) is 0 Å². The molecule has 1 fully saturated rings. The molecule has 2 aromatic carbocycles. The van der Waals surface area contributed by atoms with Crippen LogP contribution in [-0.4, -0.2) is 11.1 Å². The lowest BCUT2D eigenvalue weighted by Crippen LogP contribution is -2.09. The first-order chi connectivity index (χ1) is 9.75. The number of carboxylic acid groups (broad SMARTS) is 1. The fraction of sp³-hybridized carbons (Fsp3) is 0.278. The number of hydrogen-bond acceptors (Lipinski definition) is 1. The molecule has 1 atom stereocenters. The molecule has 0 bridgehead atoms. The van der Waals surface area contributed by atoms with Crippen molar-refractivity contribution in [1.82, 2.24) is 0 Å². The van der Waals surface area contributed by atoms with Gasteiger partial charge in [0.25, 0.3) is 0 Å². The summed E-state index contributed by atoms with van der Waals surface area (Å²) in [6, 6.07) is 18.4. The molecule has 2 aromatic rings. The Kier molecular flexibility index (Phi) is 3.55. The van der Waals surface area contributed by atoms with Crippen LogP contribution in [0.15, 0.2) is 54.6 Å². The first-order valence-corrected chi connectivity index (χ1v) is 7.12. The Morgan fingerprint density at radius 3 is 2.35 bits per heavy atom. The van der Waals surface area contributed by atoms with Crippen molar-refractivity contribution in [3.63, 3.8) is 0 Å². The summed E-state index contributed by atoms with van der Waals surface area (Å²) in [5, 5.41) is 9.18. The molecule has 0 heterocycles. The van der Waals surface area contributed by atoms with Gasteiger partial charge in [-0.05, 0) is 41.4 Å². The maximum Gasteiger partial charge on any atom is 0.303 e. The van der Waals surface area contributed by atoms with Crippen LogP contribution in [0.1, 0.15) is 30.7 Å². The molecule has 1 aliphatic rings. The van der Waals surface area contributed by atoms with Crippen molar-refractivity contribution >= 4 is 5.97 Å². The molecule has 1 aliphatic carbocycles. The number of benzene rings is 2. The van der Waals surface area contributed by atoms with Crippen molar-refractivity contribution in [1.29, 1.82) is 0 Å². The second kappa shape index (κ2) is 5.49. The van der Waals surface area contributed by atoms with Gasteiger partial charge >= 0.3 is 5.97 Å². The van der Waals surface area contributed by atoms with Crippen LogP contribution in [0.2, 0.25) is 0 Å². The predicted molar refractivity (Wildman–Crippen MR) is 79.6 cm³/mol. The van der Waals surface area contributed by atoms with Crippen molar-refractivity contribution in [3.8, 4) is 11.1 Å². The second-order valence-corrected chi connectivity index (χ2v) is 5.50. The number of rotatable bonds is 5. The van der Waals surface area contributed by atoms with Gasteiger partial charge in [-0.1, -0.05) is 54.6 Å². The zero-order valence-corrected chi connectivity index (χ0v) is 11.3. The van der Waals surface area contributed by atoms with E-state index in [1.54, 1.807) is 0 Å². The minimum atomic E-state index is -0.704. The van der Waals surface area contributed by atoms with Crippen molar-refractivity contribution in [2.24, 2.45) is 5.92 Å². The van der Waals surface area contributed by atoms with E-state index in [9.17, 15) is 9.90 Å². The third-order valence-electron chi connectivity index (χ3n) is 4.03. The highest BCUT2D eigenvalue weighted by molar-refractivity contribution is 5.72. The lowest BCUT2D eigenvalue weighted by molar-refractivity contribution is -0.137. The van der Waals surface area contributed by atoms with Gasteiger partial charge in [0.15, 0.2) is 0 Å². The molecule has 20 heavy (non-hydrogen) atoms. The number of aliphatic carboxylic acids is 1. The molecular formula is C18H18O2. The van der Waals surface area contributed by atoms with E-state index in [0.717, 1.165) is 12.8 Å². The number of carboxylic acids is 1. The third-order valence-corrected chi connectivity index (χ3v) is 4.03. The first kappa shape index (κ1) is 12.9. The Labute approximate surface area is 119 Å². The van der Waals surface area contributed by atoms with Gasteiger partial charge in [0.1, 0.15) is 0 Å². The Morgan fingerprint density at radius 1 is 1.05 bits per heavy atom. The highest BCUT2D eigenvalue weighted by Gasteiger charge is 2.34. The first-order valence-electron chi connectivity index (χ1n) is 7.12. The van der Waals surface area contributed by atoms with Gasteiger partial charge in [-0.15, -0.1) is 0 Å². The van der Waals surface area contributed by atoms with E-state index in [4.69, 9.17) is 0 Å². The quantitative estimate of drug-likeness (QED) is 0.875. The SMILES string of the molecule is O=C(O)CC(c1ccccc1-c1ccccc1)C1CC1. The van der Waals surface area contributed by atoms with Crippen LogP contribution in [-0.2, 0) is 4.79 Å². The van der Waals surface area contributed by atoms with Gasteiger partial charge in [0, 0.05) is 0 Å². The van der Waals surface area contributed by atoms with Gasteiger partial charge in [0.05, 0.1) is 6.42 Å². The summed E-state index contributed by atoms with van der Waals surface area (Å²) >= 11 is 0. The van der Waals surface area contributed by atoms with E-state index in [1.165, 1.54) is 16.7 Å². The highest BCUT2D eigenvalue weighted by atomic mass is 16.4. The van der Waals surface area contributed by atoms with Crippen LogP contribution < -0.4 is 0 Å². The monoisotopic (exact) mass is 266 g/mol. The van der Waals surface area contributed by atoms with Gasteiger partial charge < -0.3 is 5.11 Å². The summed E-state index contributed by atoms with van der Waals surface area (Å²) in [5.41, 5.74) is 3.52. The molecule has 1 saturated carbocycles. The second-order valence-electron chi connectivity index (χ2n) is 5.50. The molecule has 0 saturated heterocycles. The summed E-state index contributed by atoms with van der Waals surface area (Å²) in [5.74, 6) is -0.0235. The highest BCUT2D eigenvalue weighted by Crippen LogP contribution is 2.46. The normalized spacial score (nSPS) is 15.8. The zero-order valence-electron chi connectivity index (χ0n) is 11.3. The lowest BCUT2D eigenvalue weighted by Gasteiger charge is -2.19. The van der Waals surface area contributed by atoms with Crippen LogP contribution in [0, 0.1) is 5.92 Å². The largest absolute Gasteiger partial charge is 0.481 e. The van der Waals surface area contributed by atoms with Crippen LogP contribution in [0.4, 0.5) is 0 Å². The number of hydrogen-bond donors (Lipinski definition) is 1. The van der Waals surface area contributed by atoms with E-state index in [-0.39, 0.29) is 12.3 Å². The van der Waals surface area contributed by atoms with Crippen LogP contribution in [0.5, 0.6) is 0 Å². The molecule has 0 spiro atoms. The molecular weight excluding hydrogens is 248 g/mol. The van der Waals surface area contributed by atoms with E-state index in [0.29, 0.717) is 5.92 Å². The molecule has 0 aliphatic heterocycles. The van der Waals surface area contributed by atoms with Crippen LogP contribution >= 0.6 is 0 Å². The van der Waals surface area contributed by atoms with Gasteiger partial charge in [-0.3, -0.25) is 4.79 Å². The predicted octanol–water partition coefficient (Wildman–Crippen LogP) is 4.32. The van der Waals surface area contributed by atoms with E-state index in [1.807, 2.05) is 30.3 Å². The maximum absolute atomic E-state index is 11.2. The van der Waals surface area contributed by atoms with Crippen molar-refractivity contribution < 1.29 is 9.90 Å². The average Bonchev–Trinajstić information content (AvgIpc) is 3.30. The molecule has 0 aromatic heterocycles. The summed E-state index contributed by atoms with van der Waals surface area (Å²) < 4.78 is 0. The Hall–Kier alpha value is -2.09. The minimum absolute atomic E-state index is 0.143. The zero-order chi connectivity index (χ0) is 13.9. The molecule has 0 amide bonds. The lowest BCUT2D eigenvalue weighted by atomic mass is 9.85. The molecule has 1 N–H and O–H groups in total. The summed E-state index contributed by atoms with van der Waals surface area (Å²) in [4.78, 5) is 11.2.